The highest BCUT2D eigenvalue weighted by molar-refractivity contribution is 7.42. The van der Waals surface area contributed by atoms with Crippen LogP contribution in [0.4, 0.5) is 0 Å². The van der Waals surface area contributed by atoms with Crippen LogP contribution in [0.5, 0.6) is 0 Å². The molecule has 11 heavy (non-hydrogen) atoms. The lowest BCUT2D eigenvalue weighted by molar-refractivity contribution is 0.733. The van der Waals surface area contributed by atoms with Gasteiger partial charge in [0, 0.05) is 11.8 Å². The maximum atomic E-state index is 5.82. The average molecular weight is 215 g/mol. The lowest BCUT2D eigenvalue weighted by Gasteiger charge is -2.32. The van der Waals surface area contributed by atoms with Gasteiger partial charge in [0.1, 0.15) is 0 Å². The lowest BCUT2D eigenvalue weighted by Crippen LogP contribution is -2.26. The summed E-state index contributed by atoms with van der Waals surface area (Å²) >= 11 is 11.6. The highest BCUT2D eigenvalue weighted by Crippen LogP contribution is 2.44. The van der Waals surface area contributed by atoms with E-state index in [2.05, 4.69) is 27.7 Å². The van der Waals surface area contributed by atoms with Gasteiger partial charge in [0.25, 0.3) is 0 Å². The Bertz CT molecular complexity index is 107. The Labute approximate surface area is 81.8 Å². The van der Waals surface area contributed by atoms with Gasteiger partial charge in [0.2, 0.25) is 0 Å². The van der Waals surface area contributed by atoms with E-state index in [0.29, 0.717) is 11.8 Å². The van der Waals surface area contributed by atoms with Crippen molar-refractivity contribution < 1.29 is 0 Å². The van der Waals surface area contributed by atoms with Crippen molar-refractivity contribution in [3.8, 4) is 0 Å². The second kappa shape index (κ2) is 4.30. The number of halogens is 2. The van der Waals surface area contributed by atoms with Crippen molar-refractivity contribution in [1.29, 1.82) is 0 Å². The summed E-state index contributed by atoms with van der Waals surface area (Å²) in [4.78, 5) is 0. The molecule has 0 rings (SSSR count). The monoisotopic (exact) mass is 214 g/mol. The van der Waals surface area contributed by atoms with E-state index in [4.69, 9.17) is 23.2 Å². The first-order chi connectivity index (χ1) is 4.83. The zero-order valence-electron chi connectivity index (χ0n) is 7.67. The molecule has 0 aromatic rings. The van der Waals surface area contributed by atoms with Crippen LogP contribution in [0.3, 0.4) is 0 Å². The average Bonchev–Trinajstić information content (AvgIpc) is 1.86. The van der Waals surface area contributed by atoms with E-state index in [9.17, 15) is 0 Å². The quantitative estimate of drug-likeness (QED) is 0.495. The molecule has 0 aliphatic carbocycles. The van der Waals surface area contributed by atoms with Gasteiger partial charge in [-0.05, 0) is 10.3 Å². The third kappa shape index (κ3) is 5.28. The maximum absolute atomic E-state index is 5.82. The van der Waals surface area contributed by atoms with Gasteiger partial charge in [0.15, 0.2) is 0 Å². The topological polar surface area (TPSA) is 0 Å². The number of rotatable bonds is 4. The van der Waals surface area contributed by atoms with Crippen LogP contribution in [-0.2, 0) is 0 Å². The predicted octanol–water partition coefficient (Wildman–Crippen LogP) is 3.70. The summed E-state index contributed by atoms with van der Waals surface area (Å²) in [6.45, 7) is 8.75. The van der Waals surface area contributed by atoms with Gasteiger partial charge >= 0.3 is 0 Å². The third-order valence-corrected chi connectivity index (χ3v) is 4.84. The first-order valence-corrected chi connectivity index (χ1v) is 5.81. The van der Waals surface area contributed by atoms with Crippen molar-refractivity contribution in [2.75, 3.05) is 11.8 Å². The van der Waals surface area contributed by atoms with Gasteiger partial charge in [-0.2, -0.15) is 0 Å². The van der Waals surface area contributed by atoms with E-state index in [-0.39, 0.29) is 10.3 Å². The minimum absolute atomic E-state index is 0.236. The lowest BCUT2D eigenvalue weighted by atomic mass is 10.2. The van der Waals surface area contributed by atoms with Gasteiger partial charge in [0.05, 0.1) is 0 Å². The zero-order chi connectivity index (χ0) is 9.12. The Morgan fingerprint density at radius 2 is 1.18 bits per heavy atom. The summed E-state index contributed by atoms with van der Waals surface area (Å²) in [6, 6.07) is 0. The third-order valence-electron chi connectivity index (χ3n) is 1.34. The Kier molecular flexibility index (Phi) is 4.70. The molecular weight excluding hydrogens is 198 g/mol. The summed E-state index contributed by atoms with van der Waals surface area (Å²) in [7, 11) is 0.822. The largest absolute Gasteiger partial charge is 0.126 e. The molecule has 0 nitrogen and oxygen atoms in total. The SMILES string of the molecule is CC(C)(CCl)PC(C)(C)CCl. The van der Waals surface area contributed by atoms with Crippen LogP contribution in [0.1, 0.15) is 27.7 Å². The van der Waals surface area contributed by atoms with E-state index in [1.54, 1.807) is 0 Å². The fraction of sp³-hybridized carbons (Fsp3) is 1.00. The summed E-state index contributed by atoms with van der Waals surface area (Å²) < 4.78 is 0. The van der Waals surface area contributed by atoms with E-state index in [1.165, 1.54) is 0 Å². The van der Waals surface area contributed by atoms with Gasteiger partial charge < -0.3 is 0 Å². The van der Waals surface area contributed by atoms with Crippen LogP contribution in [0.25, 0.3) is 0 Å². The van der Waals surface area contributed by atoms with Crippen LogP contribution in [0, 0.1) is 0 Å². The molecule has 0 aliphatic rings. The van der Waals surface area contributed by atoms with Crippen LogP contribution in [0.15, 0.2) is 0 Å². The van der Waals surface area contributed by atoms with Crippen LogP contribution < -0.4 is 0 Å². The van der Waals surface area contributed by atoms with E-state index in [1.807, 2.05) is 0 Å². The van der Waals surface area contributed by atoms with Crippen LogP contribution >= 0.6 is 31.8 Å². The van der Waals surface area contributed by atoms with Crippen LogP contribution in [0.2, 0.25) is 0 Å². The fourth-order valence-corrected chi connectivity index (χ4v) is 3.35. The number of hydrogen-bond donors (Lipinski definition) is 0. The van der Waals surface area contributed by atoms with Crippen molar-refractivity contribution >= 4 is 31.8 Å². The minimum Gasteiger partial charge on any atom is -0.126 e. The highest BCUT2D eigenvalue weighted by Gasteiger charge is 2.26. The molecule has 0 N–H and O–H groups in total. The Balaban J connectivity index is 4.02. The second-order valence-corrected chi connectivity index (χ2v) is 7.65. The normalized spacial score (nSPS) is 13.6. The summed E-state index contributed by atoms with van der Waals surface area (Å²) in [5.74, 6) is 1.43. The fourth-order valence-electron chi connectivity index (χ4n) is 0.983. The number of hydrogen-bond acceptors (Lipinski definition) is 0. The molecule has 0 fully saturated rings. The molecule has 0 heterocycles. The summed E-state index contributed by atoms with van der Waals surface area (Å²) in [5.41, 5.74) is 0. The van der Waals surface area contributed by atoms with Gasteiger partial charge in [-0.1, -0.05) is 27.7 Å². The minimum atomic E-state index is 0.236. The first kappa shape index (κ1) is 12.0. The Morgan fingerprint density at radius 1 is 0.909 bits per heavy atom. The molecule has 0 bridgehead atoms. The molecule has 0 aromatic carbocycles. The molecule has 68 valence electrons. The van der Waals surface area contributed by atoms with Gasteiger partial charge in [-0.25, -0.2) is 0 Å². The van der Waals surface area contributed by atoms with Crippen molar-refractivity contribution in [2.45, 2.75) is 38.0 Å². The Morgan fingerprint density at radius 3 is 1.36 bits per heavy atom. The predicted molar refractivity (Wildman–Crippen MR) is 57.9 cm³/mol. The van der Waals surface area contributed by atoms with Crippen LogP contribution in [-0.4, -0.2) is 22.1 Å². The molecule has 0 saturated carbocycles. The van der Waals surface area contributed by atoms with E-state index in [0.717, 1.165) is 8.58 Å². The van der Waals surface area contributed by atoms with Gasteiger partial charge in [-0.3, -0.25) is 0 Å². The smallest absolute Gasteiger partial charge is 0.0311 e. The molecule has 3 heteroatoms. The molecule has 0 spiro atoms. The molecule has 0 saturated heterocycles. The summed E-state index contributed by atoms with van der Waals surface area (Å²) in [5, 5.41) is 0.472. The molecule has 0 atom stereocenters. The molecule has 0 aromatic heterocycles. The summed E-state index contributed by atoms with van der Waals surface area (Å²) in [6.07, 6.45) is 0. The second-order valence-electron chi connectivity index (χ2n) is 4.16. The molecule has 0 aliphatic heterocycles. The van der Waals surface area contributed by atoms with E-state index >= 15 is 0 Å². The standard InChI is InChI=1S/C8H17Cl2P/c1-7(2,5-9)11-8(3,4)6-10/h11H,5-6H2,1-4H3. The highest BCUT2D eigenvalue weighted by atomic mass is 35.5. The van der Waals surface area contributed by atoms with Crippen molar-refractivity contribution in [3.05, 3.63) is 0 Å². The van der Waals surface area contributed by atoms with Gasteiger partial charge in [-0.15, -0.1) is 31.8 Å². The zero-order valence-corrected chi connectivity index (χ0v) is 10.2. The molecule has 0 unspecified atom stereocenters. The maximum Gasteiger partial charge on any atom is 0.0311 e. The number of alkyl halides is 2. The molecule has 0 amide bonds. The Hall–Kier alpha value is 1.01. The van der Waals surface area contributed by atoms with Crippen molar-refractivity contribution in [2.24, 2.45) is 0 Å². The molecular formula is C8H17Cl2P. The van der Waals surface area contributed by atoms with Crippen molar-refractivity contribution in [1.82, 2.24) is 0 Å². The molecule has 0 radical (unpaired) electrons. The van der Waals surface area contributed by atoms with E-state index < -0.39 is 0 Å². The first-order valence-electron chi connectivity index (χ1n) is 3.74. The van der Waals surface area contributed by atoms with Crippen molar-refractivity contribution in [3.63, 3.8) is 0 Å².